The van der Waals surface area contributed by atoms with Crippen LogP contribution < -0.4 is 0 Å². The van der Waals surface area contributed by atoms with E-state index in [4.69, 9.17) is 0 Å². The van der Waals surface area contributed by atoms with Crippen LogP contribution >= 0.6 is 0 Å². The first-order valence-electron chi connectivity index (χ1n) is 4.85. The second-order valence-corrected chi connectivity index (χ2v) is 4.36. The molecule has 0 heterocycles. The second kappa shape index (κ2) is 5.62. The van der Waals surface area contributed by atoms with Gasteiger partial charge in [-0.1, -0.05) is 41.0 Å². The van der Waals surface area contributed by atoms with Gasteiger partial charge in [0.15, 0.2) is 0 Å². The molecule has 0 heteroatoms. The molecule has 2 atom stereocenters. The molecule has 0 spiro atoms. The predicted molar refractivity (Wildman–Crippen MR) is 52.4 cm³/mol. The molecule has 0 bridgehead atoms. The highest BCUT2D eigenvalue weighted by Gasteiger charge is 2.08. The molecule has 0 aliphatic carbocycles. The zero-order chi connectivity index (χ0) is 8.85. The third-order valence-electron chi connectivity index (χ3n) is 2.17. The van der Waals surface area contributed by atoms with Gasteiger partial charge in [-0.2, -0.15) is 0 Å². The van der Waals surface area contributed by atoms with Crippen LogP contribution in [0.3, 0.4) is 0 Å². The van der Waals surface area contributed by atoms with Crippen molar-refractivity contribution in [3.63, 3.8) is 0 Å². The zero-order valence-corrected chi connectivity index (χ0v) is 8.56. The maximum Gasteiger partial charge on any atom is -0.0438 e. The van der Waals surface area contributed by atoms with Crippen LogP contribution in [0.25, 0.3) is 0 Å². The summed E-state index contributed by atoms with van der Waals surface area (Å²) in [6, 6.07) is 0. The minimum Gasteiger partial charge on any atom is -0.0628 e. The zero-order valence-electron chi connectivity index (χ0n) is 8.56. The predicted octanol–water partition coefficient (Wildman–Crippen LogP) is 3.92. The van der Waals surface area contributed by atoms with Gasteiger partial charge in [0.05, 0.1) is 0 Å². The fraction of sp³-hybridized carbons (Fsp3) is 0.909. The van der Waals surface area contributed by atoms with Gasteiger partial charge in [-0.05, 0) is 30.6 Å². The molecular formula is C11H23. The van der Waals surface area contributed by atoms with E-state index >= 15 is 0 Å². The van der Waals surface area contributed by atoms with Crippen molar-refractivity contribution >= 4 is 0 Å². The minimum absolute atomic E-state index is 0.809. The molecule has 0 aromatic rings. The highest BCUT2D eigenvalue weighted by molar-refractivity contribution is 4.62. The molecule has 0 rings (SSSR count). The van der Waals surface area contributed by atoms with Crippen LogP contribution in [0.1, 0.15) is 47.0 Å². The second-order valence-electron chi connectivity index (χ2n) is 4.36. The van der Waals surface area contributed by atoms with Gasteiger partial charge in [0.1, 0.15) is 0 Å². The van der Waals surface area contributed by atoms with E-state index in [0.29, 0.717) is 0 Å². The molecule has 0 nitrogen and oxygen atoms in total. The summed E-state index contributed by atoms with van der Waals surface area (Å²) in [5.41, 5.74) is 0. The lowest BCUT2D eigenvalue weighted by molar-refractivity contribution is 0.356. The first-order chi connectivity index (χ1) is 5.06. The topological polar surface area (TPSA) is 0 Å². The van der Waals surface area contributed by atoms with E-state index in [2.05, 4.69) is 34.6 Å². The summed E-state index contributed by atoms with van der Waals surface area (Å²) in [4.78, 5) is 0. The quantitative estimate of drug-likeness (QED) is 0.564. The van der Waals surface area contributed by atoms with Gasteiger partial charge < -0.3 is 0 Å². The lowest BCUT2D eigenvalue weighted by Crippen LogP contribution is -2.05. The van der Waals surface area contributed by atoms with Crippen LogP contribution in [0.4, 0.5) is 0 Å². The van der Waals surface area contributed by atoms with Gasteiger partial charge >= 0.3 is 0 Å². The fourth-order valence-corrected chi connectivity index (χ4v) is 1.71. The van der Waals surface area contributed by atoms with Crippen LogP contribution in [0, 0.1) is 24.7 Å². The molecule has 0 aromatic heterocycles. The fourth-order valence-electron chi connectivity index (χ4n) is 1.71. The summed E-state index contributed by atoms with van der Waals surface area (Å²) in [5.74, 6) is 2.54. The summed E-state index contributed by atoms with van der Waals surface area (Å²) >= 11 is 0. The lowest BCUT2D eigenvalue weighted by atomic mass is 9.89. The molecule has 0 fully saturated rings. The van der Waals surface area contributed by atoms with Crippen molar-refractivity contribution in [1.29, 1.82) is 0 Å². The Labute approximate surface area is 72.4 Å². The van der Waals surface area contributed by atoms with Crippen molar-refractivity contribution < 1.29 is 0 Å². The summed E-state index contributed by atoms with van der Waals surface area (Å²) in [5, 5.41) is 0. The summed E-state index contributed by atoms with van der Waals surface area (Å²) in [6.07, 6.45) is 3.80. The highest BCUT2D eigenvalue weighted by atomic mass is 14.1. The average molecular weight is 155 g/mol. The first-order valence-corrected chi connectivity index (χ1v) is 4.85. The molecule has 1 radical (unpaired) electrons. The van der Waals surface area contributed by atoms with Gasteiger partial charge in [-0.3, -0.25) is 0 Å². The number of hydrogen-bond donors (Lipinski definition) is 0. The average Bonchev–Trinajstić information content (AvgIpc) is 1.85. The lowest BCUT2D eigenvalue weighted by Gasteiger charge is -2.17. The Morgan fingerprint density at radius 3 is 1.82 bits per heavy atom. The Kier molecular flexibility index (Phi) is 5.62. The van der Waals surface area contributed by atoms with Crippen molar-refractivity contribution in [3.05, 3.63) is 6.92 Å². The summed E-state index contributed by atoms with van der Waals surface area (Å²) in [7, 11) is 0. The van der Waals surface area contributed by atoms with E-state index in [9.17, 15) is 0 Å². The largest absolute Gasteiger partial charge is 0.0628 e. The summed E-state index contributed by atoms with van der Waals surface area (Å²) in [6.45, 7) is 13.2. The van der Waals surface area contributed by atoms with E-state index in [1.54, 1.807) is 0 Å². The maximum atomic E-state index is 3.92. The molecule has 2 unspecified atom stereocenters. The molecule has 0 saturated carbocycles. The molecule has 11 heavy (non-hydrogen) atoms. The number of hydrogen-bond acceptors (Lipinski definition) is 0. The third kappa shape index (κ3) is 6.40. The first kappa shape index (κ1) is 11.0. The molecule has 67 valence electrons. The van der Waals surface area contributed by atoms with E-state index in [1.807, 2.05) is 0 Å². The van der Waals surface area contributed by atoms with E-state index in [-0.39, 0.29) is 0 Å². The van der Waals surface area contributed by atoms with Crippen LogP contribution in [0.2, 0.25) is 0 Å². The van der Waals surface area contributed by atoms with Gasteiger partial charge in [0.2, 0.25) is 0 Å². The van der Waals surface area contributed by atoms with Crippen molar-refractivity contribution in [3.8, 4) is 0 Å². The minimum atomic E-state index is 0.809. The van der Waals surface area contributed by atoms with Crippen LogP contribution in [0.5, 0.6) is 0 Å². The van der Waals surface area contributed by atoms with Gasteiger partial charge in [-0.25, -0.2) is 0 Å². The Morgan fingerprint density at radius 1 is 0.909 bits per heavy atom. The smallest absolute Gasteiger partial charge is 0.0438 e. The molecule has 0 saturated heterocycles. The normalized spacial score (nSPS) is 16.9. The Balaban J connectivity index is 3.43. The molecule has 0 N–H and O–H groups in total. The highest BCUT2D eigenvalue weighted by Crippen LogP contribution is 2.20. The van der Waals surface area contributed by atoms with Crippen molar-refractivity contribution in [1.82, 2.24) is 0 Å². The monoisotopic (exact) mass is 155 g/mol. The molecular weight excluding hydrogens is 132 g/mol. The van der Waals surface area contributed by atoms with Gasteiger partial charge in [0, 0.05) is 0 Å². The Hall–Kier alpha value is 0. The Morgan fingerprint density at radius 2 is 1.45 bits per heavy atom. The third-order valence-corrected chi connectivity index (χ3v) is 2.17. The summed E-state index contributed by atoms with van der Waals surface area (Å²) < 4.78 is 0. The molecule has 0 aromatic carbocycles. The SMILES string of the molecule is [CH2]CC(C)CC(C)CC(C)C. The standard InChI is InChI=1S/C11H23/c1-6-10(4)8-11(5)7-9(2)3/h9-11H,1,6-8H2,2-5H3. The molecule has 0 aliphatic rings. The molecule has 0 amide bonds. The van der Waals surface area contributed by atoms with Crippen LogP contribution in [0.15, 0.2) is 0 Å². The maximum absolute atomic E-state index is 3.92. The van der Waals surface area contributed by atoms with E-state index in [0.717, 1.165) is 24.2 Å². The van der Waals surface area contributed by atoms with Crippen LogP contribution in [-0.4, -0.2) is 0 Å². The number of rotatable bonds is 5. The Bertz CT molecular complexity index is 84.0. The van der Waals surface area contributed by atoms with Gasteiger partial charge in [0.25, 0.3) is 0 Å². The van der Waals surface area contributed by atoms with Crippen LogP contribution in [-0.2, 0) is 0 Å². The van der Waals surface area contributed by atoms with Crippen molar-refractivity contribution in [2.24, 2.45) is 17.8 Å². The molecule has 0 aliphatic heterocycles. The van der Waals surface area contributed by atoms with Crippen molar-refractivity contribution in [2.45, 2.75) is 47.0 Å². The van der Waals surface area contributed by atoms with Gasteiger partial charge in [-0.15, -0.1) is 0 Å². The van der Waals surface area contributed by atoms with E-state index in [1.165, 1.54) is 12.8 Å². The van der Waals surface area contributed by atoms with Crippen molar-refractivity contribution in [2.75, 3.05) is 0 Å². The van der Waals surface area contributed by atoms with E-state index < -0.39 is 0 Å².